The monoisotopic (exact) mass is 307 g/mol. The Balaban J connectivity index is 1.81. The summed E-state index contributed by atoms with van der Waals surface area (Å²) in [6, 6.07) is 15.3. The number of aryl methyl sites for hydroxylation is 1. The summed E-state index contributed by atoms with van der Waals surface area (Å²) in [5.74, 6) is 0.999. The number of carbonyl (C=O) groups is 1. The van der Waals surface area contributed by atoms with Gasteiger partial charge in [0.1, 0.15) is 0 Å². The maximum Gasteiger partial charge on any atom is 0.258 e. The standard InChI is InChI=1S/C18H17N3O2/c1-3-16(22)19-15-9-7-13(8-10-15)18-20-17(21-23-18)14-6-4-5-12(2)11-14/h4-11H,3H2,1-2H3,(H,19,22). The Labute approximate surface area is 134 Å². The number of hydrogen-bond donors (Lipinski definition) is 1. The average molecular weight is 307 g/mol. The lowest BCUT2D eigenvalue weighted by Gasteiger charge is -2.03. The van der Waals surface area contributed by atoms with E-state index in [2.05, 4.69) is 15.5 Å². The highest BCUT2D eigenvalue weighted by Crippen LogP contribution is 2.24. The molecule has 0 saturated heterocycles. The van der Waals surface area contributed by atoms with Crippen molar-refractivity contribution in [3.8, 4) is 22.8 Å². The van der Waals surface area contributed by atoms with E-state index in [0.29, 0.717) is 18.1 Å². The predicted octanol–water partition coefficient (Wildman–Crippen LogP) is 4.06. The third kappa shape index (κ3) is 3.45. The van der Waals surface area contributed by atoms with Crippen LogP contribution in [0.1, 0.15) is 18.9 Å². The van der Waals surface area contributed by atoms with Gasteiger partial charge in [-0.25, -0.2) is 0 Å². The summed E-state index contributed by atoms with van der Waals surface area (Å²) < 4.78 is 5.34. The molecule has 23 heavy (non-hydrogen) atoms. The molecule has 0 atom stereocenters. The summed E-state index contributed by atoms with van der Waals surface area (Å²) in [6.07, 6.45) is 0.450. The minimum atomic E-state index is -0.0164. The zero-order valence-electron chi connectivity index (χ0n) is 13.0. The quantitative estimate of drug-likeness (QED) is 0.789. The first-order chi connectivity index (χ1) is 11.2. The molecule has 3 aromatic rings. The second-order valence-electron chi connectivity index (χ2n) is 5.27. The number of carbonyl (C=O) groups excluding carboxylic acids is 1. The van der Waals surface area contributed by atoms with Crippen LogP contribution in [0.15, 0.2) is 53.1 Å². The zero-order valence-corrected chi connectivity index (χ0v) is 13.0. The minimum absolute atomic E-state index is 0.0164. The predicted molar refractivity (Wildman–Crippen MR) is 88.8 cm³/mol. The Morgan fingerprint density at radius 2 is 1.91 bits per heavy atom. The molecule has 1 N–H and O–H groups in total. The van der Waals surface area contributed by atoms with Gasteiger partial charge in [0.15, 0.2) is 0 Å². The van der Waals surface area contributed by atoms with Crippen LogP contribution in [-0.2, 0) is 4.79 Å². The largest absolute Gasteiger partial charge is 0.334 e. The summed E-state index contributed by atoms with van der Waals surface area (Å²) >= 11 is 0. The Hall–Kier alpha value is -2.95. The fourth-order valence-corrected chi connectivity index (χ4v) is 2.19. The number of benzene rings is 2. The number of aromatic nitrogens is 2. The molecule has 0 radical (unpaired) electrons. The van der Waals surface area contributed by atoms with Crippen LogP contribution in [0.2, 0.25) is 0 Å². The van der Waals surface area contributed by atoms with E-state index < -0.39 is 0 Å². The number of hydrogen-bond acceptors (Lipinski definition) is 4. The highest BCUT2D eigenvalue weighted by atomic mass is 16.5. The lowest BCUT2D eigenvalue weighted by Crippen LogP contribution is -2.08. The summed E-state index contributed by atoms with van der Waals surface area (Å²) in [5.41, 5.74) is 3.63. The van der Waals surface area contributed by atoms with Crippen molar-refractivity contribution >= 4 is 11.6 Å². The molecule has 0 bridgehead atoms. The number of anilines is 1. The van der Waals surface area contributed by atoms with Gasteiger partial charge >= 0.3 is 0 Å². The van der Waals surface area contributed by atoms with E-state index in [9.17, 15) is 4.79 Å². The van der Waals surface area contributed by atoms with Gasteiger partial charge in [-0.05, 0) is 37.3 Å². The van der Waals surface area contributed by atoms with Crippen molar-refractivity contribution in [3.63, 3.8) is 0 Å². The maximum absolute atomic E-state index is 11.4. The van der Waals surface area contributed by atoms with Gasteiger partial charge in [-0.2, -0.15) is 4.98 Å². The van der Waals surface area contributed by atoms with Gasteiger partial charge in [-0.15, -0.1) is 0 Å². The summed E-state index contributed by atoms with van der Waals surface area (Å²) in [4.78, 5) is 15.8. The third-order valence-electron chi connectivity index (χ3n) is 3.44. The van der Waals surface area contributed by atoms with Crippen LogP contribution in [0, 0.1) is 6.92 Å². The Morgan fingerprint density at radius 1 is 1.13 bits per heavy atom. The van der Waals surface area contributed by atoms with E-state index in [-0.39, 0.29) is 5.91 Å². The van der Waals surface area contributed by atoms with Gasteiger partial charge < -0.3 is 9.84 Å². The molecular formula is C18H17N3O2. The van der Waals surface area contributed by atoms with Crippen molar-refractivity contribution in [1.82, 2.24) is 10.1 Å². The molecule has 0 unspecified atom stereocenters. The average Bonchev–Trinajstić information content (AvgIpc) is 3.05. The highest BCUT2D eigenvalue weighted by molar-refractivity contribution is 5.90. The van der Waals surface area contributed by atoms with Crippen molar-refractivity contribution in [2.75, 3.05) is 5.32 Å². The molecule has 1 amide bonds. The molecule has 116 valence electrons. The van der Waals surface area contributed by atoms with Crippen molar-refractivity contribution < 1.29 is 9.32 Å². The van der Waals surface area contributed by atoms with Crippen LogP contribution in [0.4, 0.5) is 5.69 Å². The number of nitrogens with one attached hydrogen (secondary N) is 1. The van der Waals surface area contributed by atoms with Crippen LogP contribution in [-0.4, -0.2) is 16.0 Å². The van der Waals surface area contributed by atoms with E-state index in [1.165, 1.54) is 0 Å². The molecule has 3 rings (SSSR count). The SMILES string of the molecule is CCC(=O)Nc1ccc(-c2nc(-c3cccc(C)c3)no2)cc1. The number of amides is 1. The van der Waals surface area contributed by atoms with E-state index in [4.69, 9.17) is 4.52 Å². The molecule has 5 heteroatoms. The molecular weight excluding hydrogens is 290 g/mol. The fraction of sp³-hybridized carbons (Fsp3) is 0.167. The first kappa shape index (κ1) is 15.0. The molecule has 0 fully saturated rings. The van der Waals surface area contributed by atoms with Crippen molar-refractivity contribution in [2.45, 2.75) is 20.3 Å². The van der Waals surface area contributed by atoms with Crippen LogP contribution in [0.5, 0.6) is 0 Å². The van der Waals surface area contributed by atoms with E-state index >= 15 is 0 Å². The topological polar surface area (TPSA) is 68.0 Å². The summed E-state index contributed by atoms with van der Waals surface area (Å²) in [6.45, 7) is 3.84. The van der Waals surface area contributed by atoms with E-state index in [0.717, 1.165) is 22.4 Å². The van der Waals surface area contributed by atoms with Gasteiger partial charge in [-0.1, -0.05) is 35.8 Å². The molecule has 1 heterocycles. The number of nitrogens with zero attached hydrogens (tertiary/aromatic N) is 2. The van der Waals surface area contributed by atoms with Crippen LogP contribution in [0.25, 0.3) is 22.8 Å². The zero-order chi connectivity index (χ0) is 16.2. The highest BCUT2D eigenvalue weighted by Gasteiger charge is 2.11. The molecule has 0 aliphatic rings. The fourth-order valence-electron chi connectivity index (χ4n) is 2.19. The first-order valence-electron chi connectivity index (χ1n) is 7.47. The van der Waals surface area contributed by atoms with Gasteiger partial charge in [0, 0.05) is 23.2 Å². The second-order valence-corrected chi connectivity index (χ2v) is 5.27. The van der Waals surface area contributed by atoms with Gasteiger partial charge in [-0.3, -0.25) is 4.79 Å². The molecule has 2 aromatic carbocycles. The van der Waals surface area contributed by atoms with Crippen molar-refractivity contribution in [2.24, 2.45) is 0 Å². The minimum Gasteiger partial charge on any atom is -0.334 e. The molecule has 0 aliphatic heterocycles. The van der Waals surface area contributed by atoms with Gasteiger partial charge in [0.05, 0.1) is 0 Å². The van der Waals surface area contributed by atoms with Crippen molar-refractivity contribution in [1.29, 1.82) is 0 Å². The first-order valence-corrected chi connectivity index (χ1v) is 7.47. The van der Waals surface area contributed by atoms with Crippen LogP contribution in [0.3, 0.4) is 0 Å². The third-order valence-corrected chi connectivity index (χ3v) is 3.44. The molecule has 0 aliphatic carbocycles. The van der Waals surface area contributed by atoms with Crippen LogP contribution >= 0.6 is 0 Å². The molecule has 1 aromatic heterocycles. The molecule has 0 saturated carbocycles. The Bertz CT molecular complexity index is 822. The van der Waals surface area contributed by atoms with Gasteiger partial charge in [0.25, 0.3) is 5.89 Å². The lowest BCUT2D eigenvalue weighted by atomic mass is 10.1. The summed E-state index contributed by atoms with van der Waals surface area (Å²) in [5, 5.41) is 6.83. The smallest absolute Gasteiger partial charge is 0.258 e. The second kappa shape index (κ2) is 6.44. The molecule has 0 spiro atoms. The normalized spacial score (nSPS) is 10.5. The Morgan fingerprint density at radius 3 is 2.61 bits per heavy atom. The number of rotatable bonds is 4. The summed E-state index contributed by atoms with van der Waals surface area (Å²) in [7, 11) is 0. The van der Waals surface area contributed by atoms with E-state index in [1.54, 1.807) is 0 Å². The van der Waals surface area contributed by atoms with Crippen LogP contribution < -0.4 is 5.32 Å². The Kier molecular flexibility index (Phi) is 4.19. The molecule has 5 nitrogen and oxygen atoms in total. The van der Waals surface area contributed by atoms with Crippen molar-refractivity contribution in [3.05, 3.63) is 54.1 Å². The van der Waals surface area contributed by atoms with E-state index in [1.807, 2.05) is 62.4 Å². The maximum atomic E-state index is 11.4. The van der Waals surface area contributed by atoms with Gasteiger partial charge in [0.2, 0.25) is 11.7 Å². The lowest BCUT2D eigenvalue weighted by molar-refractivity contribution is -0.115.